The van der Waals surface area contributed by atoms with Gasteiger partial charge in [-0.3, -0.25) is 0 Å². The fraction of sp³-hybridized carbons (Fsp3) is 1.00. The van der Waals surface area contributed by atoms with Gasteiger partial charge in [-0.15, -0.1) is 0 Å². The first kappa shape index (κ1) is 41.0. The van der Waals surface area contributed by atoms with Crippen molar-refractivity contribution in [2.45, 2.75) is 258 Å². The molecule has 0 radical (unpaired) electrons. The molecule has 0 aliphatic heterocycles. The lowest BCUT2D eigenvalue weighted by Crippen LogP contribution is -2.00. The third-order valence-corrected chi connectivity index (χ3v) is 9.88. The predicted molar refractivity (Wildman–Crippen MR) is 191 cm³/mol. The average Bonchev–Trinajstić information content (AvgIpc) is 2.98. The normalized spacial score (nSPS) is 12.4. The highest BCUT2D eigenvalue weighted by Crippen LogP contribution is 2.23. The first-order valence-electron chi connectivity index (χ1n) is 20.3. The summed E-state index contributed by atoms with van der Waals surface area (Å²) in [7, 11) is 0. The molecule has 0 saturated carbocycles. The predicted octanol–water partition coefficient (Wildman–Crippen LogP) is 16.1. The largest absolute Gasteiger partial charge is 0.0654 e. The standard InChI is InChI=1S/C41H84/c1-4-7-9-11-13-15-17-19-21-22-23-25-27-29-31-33-35-37-40-41(38-6-3)39-36-34-32-30-28-26-24-20-18-16-14-12-10-8-5-2/h41H,4-40H2,1-3H3. The minimum atomic E-state index is 1.03. The third kappa shape index (κ3) is 36.1. The van der Waals surface area contributed by atoms with Gasteiger partial charge in [0.2, 0.25) is 0 Å². The Hall–Kier alpha value is 0. The van der Waals surface area contributed by atoms with Gasteiger partial charge in [0.25, 0.3) is 0 Å². The third-order valence-electron chi connectivity index (χ3n) is 9.88. The first-order chi connectivity index (χ1) is 20.3. The van der Waals surface area contributed by atoms with E-state index in [9.17, 15) is 0 Å². The summed E-state index contributed by atoms with van der Waals surface area (Å²) in [6, 6.07) is 0. The fourth-order valence-corrected chi connectivity index (χ4v) is 6.98. The van der Waals surface area contributed by atoms with Crippen LogP contribution in [-0.2, 0) is 0 Å². The molecule has 0 nitrogen and oxygen atoms in total. The molecule has 0 saturated heterocycles. The Balaban J connectivity index is 3.34. The zero-order valence-electron chi connectivity index (χ0n) is 29.7. The number of hydrogen-bond donors (Lipinski definition) is 0. The lowest BCUT2D eigenvalue weighted by Gasteiger charge is -2.16. The molecule has 0 N–H and O–H groups in total. The molecular weight excluding hydrogens is 492 g/mol. The van der Waals surface area contributed by atoms with Crippen molar-refractivity contribution in [3.63, 3.8) is 0 Å². The van der Waals surface area contributed by atoms with Gasteiger partial charge in [0.05, 0.1) is 0 Å². The van der Waals surface area contributed by atoms with Gasteiger partial charge in [0, 0.05) is 0 Å². The smallest absolute Gasteiger partial charge is 0.0414 e. The summed E-state index contributed by atoms with van der Waals surface area (Å²) in [6.07, 6.45) is 54.8. The molecule has 41 heavy (non-hydrogen) atoms. The van der Waals surface area contributed by atoms with E-state index in [1.165, 1.54) is 238 Å². The minimum absolute atomic E-state index is 1.03. The van der Waals surface area contributed by atoms with Crippen LogP contribution in [0.1, 0.15) is 258 Å². The van der Waals surface area contributed by atoms with Crippen LogP contribution in [0.2, 0.25) is 0 Å². The molecule has 0 amide bonds. The lowest BCUT2D eigenvalue weighted by molar-refractivity contribution is 0.376. The molecule has 0 rings (SSSR count). The first-order valence-corrected chi connectivity index (χ1v) is 20.3. The number of rotatable bonds is 37. The maximum absolute atomic E-state index is 2.40. The van der Waals surface area contributed by atoms with Crippen molar-refractivity contribution in [2.24, 2.45) is 5.92 Å². The Morgan fingerprint density at radius 1 is 0.195 bits per heavy atom. The maximum Gasteiger partial charge on any atom is -0.0414 e. The van der Waals surface area contributed by atoms with Crippen LogP contribution < -0.4 is 0 Å². The summed E-state index contributed by atoms with van der Waals surface area (Å²) >= 11 is 0. The molecule has 0 aliphatic rings. The van der Waals surface area contributed by atoms with Crippen molar-refractivity contribution in [1.82, 2.24) is 0 Å². The Morgan fingerprint density at radius 3 is 0.585 bits per heavy atom. The molecule has 1 unspecified atom stereocenters. The SMILES string of the molecule is CCCCCCCCCCCCCCCCCCCCC(CCC)CCCCCCCCCCCCCCCCC. The molecule has 0 spiro atoms. The summed E-state index contributed by atoms with van der Waals surface area (Å²) < 4.78 is 0. The highest BCUT2D eigenvalue weighted by Gasteiger charge is 2.07. The molecule has 0 aromatic carbocycles. The summed E-state index contributed by atoms with van der Waals surface area (Å²) in [5.41, 5.74) is 0. The summed E-state index contributed by atoms with van der Waals surface area (Å²) in [5.74, 6) is 1.03. The van der Waals surface area contributed by atoms with Crippen LogP contribution in [-0.4, -0.2) is 0 Å². The van der Waals surface area contributed by atoms with Crippen LogP contribution in [0.5, 0.6) is 0 Å². The molecule has 1 atom stereocenters. The summed E-state index contributed by atoms with van der Waals surface area (Å²) in [6.45, 7) is 7.02. The van der Waals surface area contributed by atoms with E-state index in [-0.39, 0.29) is 0 Å². The minimum Gasteiger partial charge on any atom is -0.0654 e. The van der Waals surface area contributed by atoms with Gasteiger partial charge < -0.3 is 0 Å². The van der Waals surface area contributed by atoms with Gasteiger partial charge >= 0.3 is 0 Å². The van der Waals surface area contributed by atoms with E-state index < -0.39 is 0 Å². The van der Waals surface area contributed by atoms with Crippen molar-refractivity contribution < 1.29 is 0 Å². The van der Waals surface area contributed by atoms with Gasteiger partial charge in [-0.2, -0.15) is 0 Å². The van der Waals surface area contributed by atoms with Crippen LogP contribution in [0.25, 0.3) is 0 Å². The van der Waals surface area contributed by atoms with Crippen LogP contribution in [0.4, 0.5) is 0 Å². The molecule has 0 aromatic rings. The van der Waals surface area contributed by atoms with Gasteiger partial charge in [-0.25, -0.2) is 0 Å². The average molecular weight is 577 g/mol. The second kappa shape index (κ2) is 38.0. The van der Waals surface area contributed by atoms with Gasteiger partial charge in [-0.05, 0) is 5.92 Å². The second-order valence-corrected chi connectivity index (χ2v) is 14.2. The fourth-order valence-electron chi connectivity index (χ4n) is 6.98. The Labute approximate surface area is 263 Å². The van der Waals surface area contributed by atoms with Crippen molar-refractivity contribution >= 4 is 0 Å². The molecule has 248 valence electrons. The zero-order valence-corrected chi connectivity index (χ0v) is 29.7. The van der Waals surface area contributed by atoms with E-state index in [0.29, 0.717) is 0 Å². The van der Waals surface area contributed by atoms with E-state index in [1.807, 2.05) is 0 Å². The topological polar surface area (TPSA) is 0 Å². The van der Waals surface area contributed by atoms with E-state index in [1.54, 1.807) is 0 Å². The van der Waals surface area contributed by atoms with E-state index in [2.05, 4.69) is 20.8 Å². The summed E-state index contributed by atoms with van der Waals surface area (Å²) in [5, 5.41) is 0. The van der Waals surface area contributed by atoms with Crippen LogP contribution >= 0.6 is 0 Å². The Morgan fingerprint density at radius 2 is 0.390 bits per heavy atom. The van der Waals surface area contributed by atoms with Crippen LogP contribution in [0, 0.1) is 5.92 Å². The van der Waals surface area contributed by atoms with Crippen LogP contribution in [0.3, 0.4) is 0 Å². The number of hydrogen-bond acceptors (Lipinski definition) is 0. The van der Waals surface area contributed by atoms with Gasteiger partial charge in [0.1, 0.15) is 0 Å². The molecule has 0 fully saturated rings. The molecule has 0 heteroatoms. The number of unbranched alkanes of at least 4 members (excludes halogenated alkanes) is 31. The van der Waals surface area contributed by atoms with Crippen LogP contribution in [0.15, 0.2) is 0 Å². The molecule has 0 heterocycles. The highest BCUT2D eigenvalue weighted by atomic mass is 14.1. The molecular formula is C41H84. The molecule has 0 aromatic heterocycles. The quantitative estimate of drug-likeness (QED) is 0.0645. The van der Waals surface area contributed by atoms with Crippen molar-refractivity contribution in [3.8, 4) is 0 Å². The van der Waals surface area contributed by atoms with Crippen molar-refractivity contribution in [1.29, 1.82) is 0 Å². The molecule has 0 aliphatic carbocycles. The Kier molecular flexibility index (Phi) is 38.0. The summed E-state index contributed by atoms with van der Waals surface area (Å²) in [4.78, 5) is 0. The monoisotopic (exact) mass is 577 g/mol. The van der Waals surface area contributed by atoms with E-state index in [4.69, 9.17) is 0 Å². The lowest BCUT2D eigenvalue weighted by atomic mass is 9.90. The Bertz CT molecular complexity index is 426. The second-order valence-electron chi connectivity index (χ2n) is 14.2. The molecule has 0 bridgehead atoms. The van der Waals surface area contributed by atoms with Crippen molar-refractivity contribution in [3.05, 3.63) is 0 Å². The van der Waals surface area contributed by atoms with E-state index in [0.717, 1.165) is 5.92 Å². The van der Waals surface area contributed by atoms with Gasteiger partial charge in [-0.1, -0.05) is 258 Å². The van der Waals surface area contributed by atoms with Gasteiger partial charge in [0.15, 0.2) is 0 Å². The highest BCUT2D eigenvalue weighted by molar-refractivity contribution is 4.61. The maximum atomic E-state index is 2.40. The zero-order chi connectivity index (χ0) is 29.7. The van der Waals surface area contributed by atoms with Crippen molar-refractivity contribution in [2.75, 3.05) is 0 Å². The van der Waals surface area contributed by atoms with E-state index >= 15 is 0 Å².